The second-order valence-corrected chi connectivity index (χ2v) is 22.1. The number of aliphatic hydroxyl groups excluding tert-OH is 1. The number of benzene rings is 4. The Morgan fingerprint density at radius 2 is 1.22 bits per heavy atom. The minimum Gasteiger partial charge on any atom is -0.493 e. The fourth-order valence-electron chi connectivity index (χ4n) is 9.79. The molecule has 17 heteroatoms. The first-order valence-electron chi connectivity index (χ1n) is 22.0. The van der Waals surface area contributed by atoms with Crippen LogP contribution in [0, 0.1) is 0 Å². The maximum atomic E-state index is 14.3. The van der Waals surface area contributed by atoms with E-state index in [0.717, 1.165) is 12.0 Å². The van der Waals surface area contributed by atoms with Gasteiger partial charge in [-0.25, -0.2) is 0 Å². The standard InChI is InChI=1S/C47H57N4O11PS/c1-59-41-24-36-38(48-28-35-22-33(29-50(35)46(36)53)31-12-5-3-6-13-31)26-43(41)61-17-10-20-63(55,19-9-16-52)21-11-18-62-44-27-39-37(25-42(44)60-2)47(54)51-30-34(32-14-7-4-8-15-32)23-40(51)45(49-39)64(56,57)58/h3-8,12-15,24-27,33-35,40,45,48-49,52H,9-11,16-23,28-30H2,1-2H3,(H,56,57,58)/t33?,34?,35-,40-,45?,63?/m0/s1. The highest BCUT2D eigenvalue weighted by molar-refractivity contribution is 7.86. The first-order valence-corrected chi connectivity index (χ1v) is 25.7. The van der Waals surface area contributed by atoms with Crippen molar-refractivity contribution in [3.63, 3.8) is 0 Å². The molecular weight excluding hydrogens is 860 g/mol. The normalized spacial score (nSPS) is 22.4. The van der Waals surface area contributed by atoms with Crippen molar-refractivity contribution in [1.82, 2.24) is 9.80 Å². The third kappa shape index (κ3) is 9.70. The zero-order chi connectivity index (χ0) is 45.0. The van der Waals surface area contributed by atoms with E-state index >= 15 is 0 Å². The van der Waals surface area contributed by atoms with Gasteiger partial charge in [-0.15, -0.1) is 0 Å². The third-order valence-corrected chi connectivity index (χ3v) is 17.5. The molecular formula is C47H57N4O11PS. The molecule has 2 amide bonds. The highest BCUT2D eigenvalue weighted by Crippen LogP contribution is 2.48. The molecule has 8 rings (SSSR count). The molecule has 15 nitrogen and oxygen atoms in total. The number of rotatable bonds is 18. The molecule has 4 aliphatic rings. The van der Waals surface area contributed by atoms with Crippen molar-refractivity contribution in [2.45, 2.75) is 61.4 Å². The number of hydrogen-bond acceptors (Lipinski definition) is 12. The molecule has 0 aromatic heterocycles. The summed E-state index contributed by atoms with van der Waals surface area (Å²) in [6, 6.07) is 25.7. The molecule has 0 radical (unpaired) electrons. The predicted molar refractivity (Wildman–Crippen MR) is 245 cm³/mol. The number of aliphatic hydroxyl groups is 1. The monoisotopic (exact) mass is 916 g/mol. The molecule has 4 N–H and O–H groups in total. The largest absolute Gasteiger partial charge is 0.493 e. The van der Waals surface area contributed by atoms with Crippen LogP contribution in [0.15, 0.2) is 84.9 Å². The summed E-state index contributed by atoms with van der Waals surface area (Å²) in [6.45, 7) is 1.85. The highest BCUT2D eigenvalue weighted by atomic mass is 32.2. The summed E-state index contributed by atoms with van der Waals surface area (Å²) in [5, 5.41) is 14.6. The van der Waals surface area contributed by atoms with Crippen LogP contribution in [0.2, 0.25) is 0 Å². The van der Waals surface area contributed by atoms with E-state index in [1.807, 2.05) is 53.4 Å². The second-order valence-electron chi connectivity index (χ2n) is 17.1. The number of carbonyl (C=O) groups excluding carboxylic acids is 2. The van der Waals surface area contributed by atoms with E-state index in [-0.39, 0.29) is 78.8 Å². The van der Waals surface area contributed by atoms with Crippen LogP contribution < -0.4 is 29.6 Å². The van der Waals surface area contributed by atoms with Gasteiger partial charge >= 0.3 is 0 Å². The summed E-state index contributed by atoms with van der Waals surface area (Å²) >= 11 is 0. The fourth-order valence-corrected chi connectivity index (χ4v) is 13.5. The van der Waals surface area contributed by atoms with Gasteiger partial charge in [0.15, 0.2) is 28.4 Å². The Kier molecular flexibility index (Phi) is 13.8. The Balaban J connectivity index is 0.881. The van der Waals surface area contributed by atoms with Gasteiger partial charge in [0.2, 0.25) is 0 Å². The summed E-state index contributed by atoms with van der Waals surface area (Å²) < 4.78 is 73.9. The van der Waals surface area contributed by atoms with Crippen molar-refractivity contribution >= 4 is 40.4 Å². The van der Waals surface area contributed by atoms with E-state index in [4.69, 9.17) is 18.9 Å². The van der Waals surface area contributed by atoms with Crippen LogP contribution in [0.4, 0.5) is 11.4 Å². The second kappa shape index (κ2) is 19.4. The van der Waals surface area contributed by atoms with E-state index in [1.54, 1.807) is 12.1 Å². The van der Waals surface area contributed by atoms with Crippen LogP contribution in [0.3, 0.4) is 0 Å². The first kappa shape index (κ1) is 45.3. The minimum atomic E-state index is -4.65. The number of methoxy groups -OCH3 is 2. The van der Waals surface area contributed by atoms with Crippen LogP contribution in [0.25, 0.3) is 0 Å². The van der Waals surface area contributed by atoms with Gasteiger partial charge in [0.05, 0.1) is 63.1 Å². The number of amides is 2. The molecule has 2 saturated heterocycles. The van der Waals surface area contributed by atoms with Crippen LogP contribution in [-0.4, -0.2) is 129 Å². The zero-order valence-corrected chi connectivity index (χ0v) is 37.9. The maximum absolute atomic E-state index is 14.3. The molecule has 4 aromatic rings. The zero-order valence-electron chi connectivity index (χ0n) is 36.2. The van der Waals surface area contributed by atoms with Gasteiger partial charge in [-0.2, -0.15) is 8.42 Å². The van der Waals surface area contributed by atoms with E-state index in [2.05, 4.69) is 22.8 Å². The molecule has 342 valence electrons. The van der Waals surface area contributed by atoms with Crippen LogP contribution >= 0.6 is 7.14 Å². The number of ether oxygens (including phenoxy) is 4. The summed E-state index contributed by atoms with van der Waals surface area (Å²) in [4.78, 5) is 31.3. The van der Waals surface area contributed by atoms with Gasteiger partial charge < -0.3 is 49.1 Å². The lowest BCUT2D eigenvalue weighted by Crippen LogP contribution is -2.47. The minimum absolute atomic E-state index is 0.0436. The van der Waals surface area contributed by atoms with Crippen molar-refractivity contribution < 1.29 is 51.2 Å². The SMILES string of the molecule is COc1cc2c(cc1OCCCP(=O)(CCCO)CCCOc1cc3c(cc1OC)C(=O)N1CC(c4ccccc4)C[C@H]1C(S(=O)(=O)O)N3)NC[C@@H]1CC(c3ccccc3)CN1C2=O. The smallest absolute Gasteiger partial charge is 0.288 e. The van der Waals surface area contributed by atoms with E-state index in [0.29, 0.717) is 80.0 Å². The predicted octanol–water partition coefficient (Wildman–Crippen LogP) is 6.75. The number of nitrogens with one attached hydrogen (secondary N) is 2. The Hall–Kier alpha value is -5.28. The molecule has 4 aliphatic heterocycles. The average molecular weight is 917 g/mol. The summed E-state index contributed by atoms with van der Waals surface area (Å²) in [5.41, 5.74) is 3.80. The van der Waals surface area contributed by atoms with Crippen LogP contribution in [-0.2, 0) is 14.7 Å². The van der Waals surface area contributed by atoms with Crippen molar-refractivity contribution in [3.8, 4) is 23.0 Å². The Morgan fingerprint density at radius 1 is 0.703 bits per heavy atom. The molecule has 4 heterocycles. The topological polar surface area (TPSA) is 193 Å². The molecule has 0 saturated carbocycles. The Bertz CT molecular complexity index is 2480. The van der Waals surface area contributed by atoms with Gasteiger partial charge in [-0.05, 0) is 55.4 Å². The lowest BCUT2D eigenvalue weighted by molar-refractivity contribution is 0.0736. The van der Waals surface area contributed by atoms with Crippen molar-refractivity contribution in [2.75, 3.05) is 82.8 Å². The molecule has 6 atom stereocenters. The van der Waals surface area contributed by atoms with Gasteiger partial charge in [0.1, 0.15) is 0 Å². The van der Waals surface area contributed by atoms with Gasteiger partial charge in [-0.1, -0.05) is 60.7 Å². The number of anilines is 2. The summed E-state index contributed by atoms with van der Waals surface area (Å²) in [7, 11) is -4.46. The molecule has 2 fully saturated rings. The maximum Gasteiger partial charge on any atom is 0.288 e. The molecule has 4 aromatic carbocycles. The first-order chi connectivity index (χ1) is 30.9. The lowest BCUT2D eigenvalue weighted by atomic mass is 9.96. The van der Waals surface area contributed by atoms with Crippen molar-refractivity contribution in [2.24, 2.45) is 0 Å². The molecule has 64 heavy (non-hydrogen) atoms. The van der Waals surface area contributed by atoms with Crippen LogP contribution in [0.5, 0.6) is 23.0 Å². The van der Waals surface area contributed by atoms with Gasteiger partial charge in [-0.3, -0.25) is 14.1 Å². The van der Waals surface area contributed by atoms with Gasteiger partial charge in [0, 0.05) is 74.7 Å². The molecule has 0 aliphatic carbocycles. The number of nitrogens with zero attached hydrogens (tertiary/aromatic N) is 2. The Labute approximate surface area is 374 Å². The average Bonchev–Trinajstić information content (AvgIpc) is 3.89. The fraction of sp³-hybridized carbons (Fsp3) is 0.447. The molecule has 0 bridgehead atoms. The highest BCUT2D eigenvalue weighted by Gasteiger charge is 2.48. The molecule has 4 unspecified atom stereocenters. The van der Waals surface area contributed by atoms with E-state index < -0.39 is 28.7 Å². The number of carbonyl (C=O) groups is 2. The van der Waals surface area contributed by atoms with Crippen molar-refractivity contribution in [1.29, 1.82) is 0 Å². The van der Waals surface area contributed by atoms with E-state index in [1.165, 1.54) is 36.8 Å². The third-order valence-electron chi connectivity index (χ3n) is 13.0. The lowest BCUT2D eigenvalue weighted by Gasteiger charge is -2.26. The number of fused-ring (bicyclic) bond motifs is 4. The summed E-state index contributed by atoms with van der Waals surface area (Å²) in [6.07, 6.45) is 3.56. The van der Waals surface area contributed by atoms with E-state index in [9.17, 15) is 32.2 Å². The van der Waals surface area contributed by atoms with Crippen LogP contribution in [0.1, 0.15) is 75.8 Å². The number of hydrogen-bond donors (Lipinski definition) is 4. The quantitative estimate of drug-likeness (QED) is 0.0466. The van der Waals surface area contributed by atoms with Gasteiger partial charge in [0.25, 0.3) is 21.9 Å². The Morgan fingerprint density at radius 3 is 1.78 bits per heavy atom. The van der Waals surface area contributed by atoms with Crippen molar-refractivity contribution in [3.05, 3.63) is 107 Å². The molecule has 0 spiro atoms. The summed E-state index contributed by atoms with van der Waals surface area (Å²) in [5.74, 6) is 1.16.